The first-order chi connectivity index (χ1) is 9.10. The molecule has 1 rings (SSSR count). The number of methoxy groups -OCH3 is 1. The third-order valence-corrected chi connectivity index (χ3v) is 3.29. The van der Waals surface area contributed by atoms with E-state index in [0.29, 0.717) is 12.3 Å². The molecule has 0 saturated heterocycles. The van der Waals surface area contributed by atoms with Crippen LogP contribution in [0, 0.1) is 18.3 Å². The minimum atomic E-state index is 0.459. The quantitative estimate of drug-likeness (QED) is 0.766. The maximum Gasteiger partial charge on any atom is 0.122 e. The van der Waals surface area contributed by atoms with Crippen LogP contribution in [0.25, 0.3) is 0 Å². The lowest BCUT2D eigenvalue weighted by atomic mass is 9.95. The van der Waals surface area contributed by atoms with Crippen LogP contribution in [0.2, 0.25) is 0 Å². The smallest absolute Gasteiger partial charge is 0.122 e. The third-order valence-electron chi connectivity index (χ3n) is 3.29. The molecule has 1 aromatic rings. The van der Waals surface area contributed by atoms with Crippen LogP contribution >= 0.6 is 0 Å². The normalized spacial score (nSPS) is 10.5. The zero-order chi connectivity index (χ0) is 14.3. The van der Waals surface area contributed by atoms with Crippen molar-refractivity contribution in [3.63, 3.8) is 0 Å². The Morgan fingerprint density at radius 3 is 2.63 bits per heavy atom. The summed E-state index contributed by atoms with van der Waals surface area (Å²) in [6, 6.07) is 6.52. The third kappa shape index (κ3) is 4.57. The van der Waals surface area contributed by atoms with Gasteiger partial charge < -0.3 is 10.1 Å². The number of nitrogens with one attached hydrogen (secondary N) is 1. The summed E-state index contributed by atoms with van der Waals surface area (Å²) in [5.74, 6) is 1.44. The van der Waals surface area contributed by atoms with E-state index in [0.717, 1.165) is 25.3 Å². The van der Waals surface area contributed by atoms with E-state index in [9.17, 15) is 0 Å². The van der Waals surface area contributed by atoms with Crippen LogP contribution in [-0.2, 0) is 6.42 Å². The average Bonchev–Trinajstić information content (AvgIpc) is 2.39. The molecule has 3 heteroatoms. The summed E-state index contributed by atoms with van der Waals surface area (Å²) >= 11 is 0. The van der Waals surface area contributed by atoms with E-state index < -0.39 is 0 Å². The van der Waals surface area contributed by atoms with E-state index in [4.69, 9.17) is 10.00 Å². The number of hydrogen-bond donors (Lipinski definition) is 1. The van der Waals surface area contributed by atoms with Gasteiger partial charge in [-0.25, -0.2) is 0 Å². The van der Waals surface area contributed by atoms with Crippen LogP contribution in [0.3, 0.4) is 0 Å². The first-order valence-electron chi connectivity index (χ1n) is 6.85. The fraction of sp³-hybridized carbons (Fsp3) is 0.562. The Bertz CT molecular complexity index is 447. The second-order valence-corrected chi connectivity index (χ2v) is 5.08. The molecule has 0 unspecified atom stereocenters. The Morgan fingerprint density at radius 2 is 2.05 bits per heavy atom. The van der Waals surface area contributed by atoms with Crippen molar-refractivity contribution in [2.45, 2.75) is 39.5 Å². The molecule has 0 aliphatic rings. The molecule has 0 aliphatic carbocycles. The number of aryl methyl sites for hydroxylation is 1. The van der Waals surface area contributed by atoms with Crippen molar-refractivity contribution in [1.29, 1.82) is 5.26 Å². The number of benzene rings is 1. The van der Waals surface area contributed by atoms with E-state index >= 15 is 0 Å². The summed E-state index contributed by atoms with van der Waals surface area (Å²) in [6.45, 7) is 8.16. The lowest BCUT2D eigenvalue weighted by molar-refractivity contribution is 0.407. The van der Waals surface area contributed by atoms with Crippen LogP contribution in [0.4, 0.5) is 0 Å². The Balaban J connectivity index is 2.73. The van der Waals surface area contributed by atoms with Crippen molar-refractivity contribution >= 4 is 0 Å². The van der Waals surface area contributed by atoms with E-state index in [-0.39, 0.29) is 0 Å². The van der Waals surface area contributed by atoms with Gasteiger partial charge >= 0.3 is 0 Å². The molecule has 0 amide bonds. The van der Waals surface area contributed by atoms with Gasteiger partial charge in [0.25, 0.3) is 0 Å². The summed E-state index contributed by atoms with van der Waals surface area (Å²) < 4.78 is 5.45. The van der Waals surface area contributed by atoms with Crippen molar-refractivity contribution in [2.24, 2.45) is 0 Å². The summed E-state index contributed by atoms with van der Waals surface area (Å²) in [5, 5.41) is 11.8. The lowest BCUT2D eigenvalue weighted by Gasteiger charge is -2.16. The number of ether oxygens (including phenoxy) is 1. The molecule has 1 aromatic carbocycles. The zero-order valence-electron chi connectivity index (χ0n) is 12.4. The van der Waals surface area contributed by atoms with Gasteiger partial charge in [-0.05, 0) is 48.6 Å². The Morgan fingerprint density at radius 1 is 1.32 bits per heavy atom. The zero-order valence-corrected chi connectivity index (χ0v) is 12.4. The number of nitrogens with zero attached hydrogens (tertiary/aromatic N) is 1. The van der Waals surface area contributed by atoms with Gasteiger partial charge in [-0.3, -0.25) is 0 Å². The van der Waals surface area contributed by atoms with Gasteiger partial charge in [0.1, 0.15) is 5.75 Å². The summed E-state index contributed by atoms with van der Waals surface area (Å²) in [6.07, 6.45) is 1.56. The molecule has 0 bridgehead atoms. The number of nitriles is 1. The minimum Gasteiger partial charge on any atom is -0.496 e. The SMILES string of the molecule is COc1cc(C)c(CCNCCC#N)cc1C(C)C. The molecule has 0 fully saturated rings. The van der Waals surface area contributed by atoms with Crippen LogP contribution in [0.5, 0.6) is 5.75 Å². The first-order valence-corrected chi connectivity index (χ1v) is 6.85. The van der Waals surface area contributed by atoms with Gasteiger partial charge in [0.15, 0.2) is 0 Å². The predicted octanol–water partition coefficient (Wildman–Crippen LogP) is 3.17. The topological polar surface area (TPSA) is 45.0 Å². The second kappa shape index (κ2) is 7.81. The molecule has 3 nitrogen and oxygen atoms in total. The summed E-state index contributed by atoms with van der Waals surface area (Å²) in [5.41, 5.74) is 3.89. The van der Waals surface area contributed by atoms with Gasteiger partial charge in [-0.15, -0.1) is 0 Å². The van der Waals surface area contributed by atoms with Gasteiger partial charge in [-0.2, -0.15) is 5.26 Å². The molecule has 0 atom stereocenters. The molecule has 0 aromatic heterocycles. The highest BCUT2D eigenvalue weighted by atomic mass is 16.5. The van der Waals surface area contributed by atoms with Crippen molar-refractivity contribution in [2.75, 3.05) is 20.2 Å². The molecule has 0 spiro atoms. The summed E-state index contributed by atoms with van der Waals surface area (Å²) in [4.78, 5) is 0. The molecular weight excluding hydrogens is 236 g/mol. The Kier molecular flexibility index (Phi) is 6.38. The van der Waals surface area contributed by atoms with E-state index in [2.05, 4.69) is 44.3 Å². The van der Waals surface area contributed by atoms with Crippen LogP contribution in [0.15, 0.2) is 12.1 Å². The molecule has 0 aliphatic heterocycles. The van der Waals surface area contributed by atoms with Crippen molar-refractivity contribution in [3.05, 3.63) is 28.8 Å². The minimum absolute atomic E-state index is 0.459. The van der Waals surface area contributed by atoms with Crippen LogP contribution in [-0.4, -0.2) is 20.2 Å². The molecule has 19 heavy (non-hydrogen) atoms. The van der Waals surface area contributed by atoms with Crippen LogP contribution in [0.1, 0.15) is 42.9 Å². The highest BCUT2D eigenvalue weighted by Crippen LogP contribution is 2.29. The van der Waals surface area contributed by atoms with Gasteiger partial charge in [0, 0.05) is 13.0 Å². The van der Waals surface area contributed by atoms with Crippen molar-refractivity contribution < 1.29 is 4.74 Å². The van der Waals surface area contributed by atoms with Gasteiger partial charge in [-0.1, -0.05) is 19.9 Å². The molecule has 0 saturated carbocycles. The fourth-order valence-electron chi connectivity index (χ4n) is 2.13. The molecule has 0 heterocycles. The monoisotopic (exact) mass is 260 g/mol. The van der Waals surface area contributed by atoms with Gasteiger partial charge in [0.2, 0.25) is 0 Å². The predicted molar refractivity (Wildman–Crippen MR) is 78.6 cm³/mol. The Hall–Kier alpha value is -1.53. The van der Waals surface area contributed by atoms with Crippen molar-refractivity contribution in [1.82, 2.24) is 5.32 Å². The fourth-order valence-corrected chi connectivity index (χ4v) is 2.13. The average molecular weight is 260 g/mol. The lowest BCUT2D eigenvalue weighted by Crippen LogP contribution is -2.18. The Labute approximate surface area is 116 Å². The molecule has 104 valence electrons. The van der Waals surface area contributed by atoms with Gasteiger partial charge in [0.05, 0.1) is 13.2 Å². The standard InChI is InChI=1S/C16H24N2O/c1-12(2)15-11-14(6-9-18-8-5-7-17)13(3)10-16(15)19-4/h10-12,18H,5-6,8-9H2,1-4H3. The maximum absolute atomic E-state index is 8.48. The molecule has 1 N–H and O–H groups in total. The van der Waals surface area contributed by atoms with Crippen molar-refractivity contribution in [3.8, 4) is 11.8 Å². The second-order valence-electron chi connectivity index (χ2n) is 5.08. The highest BCUT2D eigenvalue weighted by molar-refractivity contribution is 5.44. The van der Waals surface area contributed by atoms with Crippen LogP contribution < -0.4 is 10.1 Å². The molecular formula is C16H24N2O. The number of rotatable bonds is 7. The number of hydrogen-bond acceptors (Lipinski definition) is 3. The van der Waals surface area contributed by atoms with E-state index in [1.165, 1.54) is 16.7 Å². The highest BCUT2D eigenvalue weighted by Gasteiger charge is 2.10. The largest absolute Gasteiger partial charge is 0.496 e. The van der Waals surface area contributed by atoms with E-state index in [1.807, 2.05) is 0 Å². The maximum atomic E-state index is 8.48. The first kappa shape index (κ1) is 15.5. The molecule has 0 radical (unpaired) electrons. The summed E-state index contributed by atoms with van der Waals surface area (Å²) in [7, 11) is 1.73. The van der Waals surface area contributed by atoms with E-state index in [1.54, 1.807) is 7.11 Å².